The van der Waals surface area contributed by atoms with Crippen LogP contribution in [-0.2, 0) is 63.0 Å². The normalized spacial score (nSPS) is 23.3. The molecule has 0 radical (unpaired) electrons. The molecule has 3 rings (SSSR count). The van der Waals surface area contributed by atoms with Crippen LogP contribution in [0.5, 0.6) is 0 Å². The topological polar surface area (TPSA) is 169 Å². The van der Waals surface area contributed by atoms with Crippen LogP contribution in [0, 0.1) is 6.92 Å². The summed E-state index contributed by atoms with van der Waals surface area (Å²) in [5.41, 5.74) is 1.21. The van der Waals surface area contributed by atoms with Crippen molar-refractivity contribution in [3.05, 3.63) is 30.1 Å². The molecule has 15 heteroatoms. The second-order valence-electron chi connectivity index (χ2n) is 7.85. The van der Waals surface area contributed by atoms with E-state index in [1.807, 2.05) is 0 Å². The van der Waals surface area contributed by atoms with Gasteiger partial charge in [0.1, 0.15) is 18.5 Å². The Bertz CT molecular complexity index is 1130. The number of aryl methyl sites for hydroxylation is 1. The van der Waals surface area contributed by atoms with E-state index < -0.39 is 61.1 Å². The van der Waals surface area contributed by atoms with E-state index in [4.69, 9.17) is 34.1 Å². The monoisotopic (exact) mass is 526 g/mol. The van der Waals surface area contributed by atoms with Gasteiger partial charge in [0.05, 0.1) is 11.0 Å². The average molecular weight is 526 g/mol. The molecule has 0 N–H and O–H groups in total. The number of nitrogens with zero attached hydrogens (tertiary/aromatic N) is 2. The lowest BCUT2D eigenvalue weighted by molar-refractivity contribution is -0.445. The van der Waals surface area contributed by atoms with Gasteiger partial charge in [0.25, 0.3) is 0 Å². The van der Waals surface area contributed by atoms with Crippen LogP contribution in [-0.4, -0.2) is 64.5 Å². The number of hydrogen-bond donors (Lipinski definition) is 0. The van der Waals surface area contributed by atoms with Crippen molar-refractivity contribution in [1.29, 1.82) is 0 Å². The average Bonchev–Trinajstić information content (AvgIpc) is 3.15. The molecule has 0 amide bonds. The smallest absolute Gasteiger partial charge is 0.339 e. The number of ether oxygens (including phenoxy) is 1. The summed E-state index contributed by atoms with van der Waals surface area (Å²) < 4.78 is 7.80. The van der Waals surface area contributed by atoms with E-state index in [1.165, 1.54) is 0 Å². The molecule has 2 aromatic rings. The van der Waals surface area contributed by atoms with Crippen LogP contribution in [0.3, 0.4) is 0 Å². The van der Waals surface area contributed by atoms with E-state index in [0.717, 1.165) is 27.7 Å². The number of imidazole rings is 1. The molecule has 1 aliphatic heterocycles. The lowest BCUT2D eigenvalue weighted by Gasteiger charge is -2.43. The molecule has 0 aliphatic carbocycles. The Morgan fingerprint density at radius 1 is 0.811 bits per heavy atom. The van der Waals surface area contributed by atoms with Crippen LogP contribution in [0.15, 0.2) is 24.3 Å². The molecular formula is C22H26N2O13. The highest BCUT2D eigenvalue weighted by atomic mass is 17.3. The fourth-order valence-electron chi connectivity index (χ4n) is 3.61. The maximum absolute atomic E-state index is 11.6. The summed E-state index contributed by atoms with van der Waals surface area (Å²) in [5.74, 6) is -2.76. The number of para-hydroxylation sites is 2. The van der Waals surface area contributed by atoms with Crippen LogP contribution in [0.4, 0.5) is 0 Å². The Morgan fingerprint density at radius 2 is 1.35 bits per heavy atom. The van der Waals surface area contributed by atoms with Crippen LogP contribution in [0.25, 0.3) is 11.0 Å². The number of fused-ring (bicyclic) bond motifs is 1. The van der Waals surface area contributed by atoms with E-state index in [0.29, 0.717) is 16.9 Å². The Kier molecular flexibility index (Phi) is 9.48. The molecule has 37 heavy (non-hydrogen) atoms. The van der Waals surface area contributed by atoms with Gasteiger partial charge in [0, 0.05) is 27.7 Å². The number of carbonyl (C=O) groups is 4. The minimum atomic E-state index is -1.45. The van der Waals surface area contributed by atoms with Crippen molar-refractivity contribution in [1.82, 2.24) is 9.55 Å². The fourth-order valence-corrected chi connectivity index (χ4v) is 3.61. The maximum atomic E-state index is 11.6. The molecule has 5 atom stereocenters. The number of aromatic nitrogens is 2. The third-order valence-corrected chi connectivity index (χ3v) is 4.87. The van der Waals surface area contributed by atoms with Crippen LogP contribution in [0.2, 0.25) is 0 Å². The maximum Gasteiger partial charge on any atom is 0.339 e. The summed E-state index contributed by atoms with van der Waals surface area (Å²) >= 11 is 0. The lowest BCUT2D eigenvalue weighted by Crippen LogP contribution is -2.59. The van der Waals surface area contributed by atoms with Crippen LogP contribution >= 0.6 is 0 Å². The Labute approximate surface area is 210 Å². The molecule has 2 heterocycles. The van der Waals surface area contributed by atoms with Gasteiger partial charge in [0.15, 0.2) is 24.5 Å². The molecule has 1 aromatic carbocycles. The summed E-state index contributed by atoms with van der Waals surface area (Å²) in [4.78, 5) is 90.0. The van der Waals surface area contributed by atoms with Gasteiger partial charge in [-0.25, -0.2) is 24.2 Å². The summed E-state index contributed by atoms with van der Waals surface area (Å²) in [6.45, 7) is 5.62. The fraction of sp³-hybridized carbons (Fsp3) is 0.500. The third kappa shape index (κ3) is 7.21. The first kappa shape index (κ1) is 27.9. The van der Waals surface area contributed by atoms with Crippen molar-refractivity contribution < 1.29 is 63.0 Å². The largest absolute Gasteiger partial charge is 0.346 e. The third-order valence-electron chi connectivity index (χ3n) is 4.87. The molecule has 1 aliphatic rings. The zero-order chi connectivity index (χ0) is 27.1. The molecule has 0 spiro atoms. The Balaban J connectivity index is 2.09. The number of carbonyl (C=O) groups excluding carboxylic acids is 4. The van der Waals surface area contributed by atoms with Gasteiger partial charge < -0.3 is 4.74 Å². The molecule has 202 valence electrons. The highest BCUT2D eigenvalue weighted by molar-refractivity contribution is 5.76. The second-order valence-corrected chi connectivity index (χ2v) is 7.85. The van der Waals surface area contributed by atoms with Crippen LogP contribution in [0.1, 0.15) is 39.7 Å². The van der Waals surface area contributed by atoms with E-state index in [2.05, 4.69) is 14.8 Å². The van der Waals surface area contributed by atoms with Crippen LogP contribution < -0.4 is 0 Å². The molecule has 1 fully saturated rings. The summed E-state index contributed by atoms with van der Waals surface area (Å²) in [6, 6.07) is 7.09. The molecule has 15 nitrogen and oxygen atoms in total. The van der Waals surface area contributed by atoms with Gasteiger partial charge >= 0.3 is 23.9 Å². The molecule has 0 saturated carbocycles. The van der Waals surface area contributed by atoms with Crippen molar-refractivity contribution in [2.24, 2.45) is 0 Å². The summed E-state index contributed by atoms with van der Waals surface area (Å²) in [7, 11) is 0. The van der Waals surface area contributed by atoms with E-state index in [1.54, 1.807) is 35.8 Å². The minimum Gasteiger partial charge on any atom is -0.346 e. The van der Waals surface area contributed by atoms with E-state index in [9.17, 15) is 19.2 Å². The lowest BCUT2D eigenvalue weighted by atomic mass is 9.98. The SMILES string of the molecule is CC(=O)OOC[C@@H]1O[C@H](n2c(C)nc3ccccc32)[C@H](OOC(C)=O)[C@H](OOC(C)=O)[C@@H]1OOC(C)=O. The van der Waals surface area contributed by atoms with Gasteiger partial charge in [-0.05, 0) is 19.1 Å². The molecule has 1 saturated heterocycles. The predicted octanol–water partition coefficient (Wildman–Crippen LogP) is 1.33. The van der Waals surface area contributed by atoms with Gasteiger partial charge in [-0.2, -0.15) is 19.6 Å². The van der Waals surface area contributed by atoms with Gasteiger partial charge in [0.2, 0.25) is 0 Å². The van der Waals surface area contributed by atoms with Crippen molar-refractivity contribution in [2.75, 3.05) is 6.61 Å². The van der Waals surface area contributed by atoms with Crippen molar-refractivity contribution in [2.45, 2.75) is 65.3 Å². The van der Waals surface area contributed by atoms with Crippen molar-refractivity contribution in [3.8, 4) is 0 Å². The van der Waals surface area contributed by atoms with E-state index >= 15 is 0 Å². The zero-order valence-electron chi connectivity index (χ0n) is 20.6. The number of benzene rings is 1. The molecule has 0 unspecified atom stereocenters. The van der Waals surface area contributed by atoms with E-state index in [-0.39, 0.29) is 0 Å². The van der Waals surface area contributed by atoms with Gasteiger partial charge in [-0.1, -0.05) is 12.1 Å². The quantitative estimate of drug-likeness (QED) is 0.321. The predicted molar refractivity (Wildman–Crippen MR) is 116 cm³/mol. The summed E-state index contributed by atoms with van der Waals surface area (Å²) in [6.07, 6.45) is -6.61. The second kappa shape index (κ2) is 12.6. The number of hydrogen-bond acceptors (Lipinski definition) is 14. The highest BCUT2D eigenvalue weighted by Gasteiger charge is 2.54. The van der Waals surface area contributed by atoms with Gasteiger partial charge in [-0.3, -0.25) is 24.1 Å². The molecule has 0 bridgehead atoms. The first-order chi connectivity index (χ1) is 17.6. The molecule has 1 aromatic heterocycles. The first-order valence-corrected chi connectivity index (χ1v) is 11.0. The van der Waals surface area contributed by atoms with Gasteiger partial charge in [-0.15, -0.1) is 0 Å². The first-order valence-electron chi connectivity index (χ1n) is 11.0. The van der Waals surface area contributed by atoms with Crippen molar-refractivity contribution >= 4 is 34.9 Å². The minimum absolute atomic E-state index is 0.450. The summed E-state index contributed by atoms with van der Waals surface area (Å²) in [5, 5.41) is 0. The Hall–Kier alpha value is -3.63. The zero-order valence-corrected chi connectivity index (χ0v) is 20.6. The van der Waals surface area contributed by atoms with Crippen molar-refractivity contribution in [3.63, 3.8) is 0 Å². The number of rotatable bonds is 10. The highest BCUT2D eigenvalue weighted by Crippen LogP contribution is 2.37. The standard InChI is InChI=1S/C22H26N2O13/c1-11-23-16-8-6-7-9-17(16)24(11)22-21(37-34-15(5)28)20(36-33-14(4)27)19(35-32-13(3)26)18(30-22)10-29-31-12(2)25/h6-9,18-22H,10H2,1-5H3/t18-,19+,20+,21+,22-/m0/s1. The Morgan fingerprint density at radius 3 is 1.95 bits per heavy atom. The molecular weight excluding hydrogens is 500 g/mol.